The first-order valence-electron chi connectivity index (χ1n) is 8.66. The molecule has 2 aromatic heterocycles. The molecule has 0 radical (unpaired) electrons. The fraction of sp³-hybridized carbons (Fsp3) is 0.529. The minimum Gasteiger partial charge on any atom is -0.455 e. The van der Waals surface area contributed by atoms with Crippen molar-refractivity contribution in [1.29, 1.82) is 5.26 Å². The molecular weight excluding hydrogens is 372 g/mol. The minimum absolute atomic E-state index is 0.0596. The molecule has 146 valence electrons. The maximum absolute atomic E-state index is 12.9. The van der Waals surface area contributed by atoms with E-state index in [1.165, 1.54) is 10.4 Å². The fourth-order valence-corrected chi connectivity index (χ4v) is 4.24. The van der Waals surface area contributed by atoms with Crippen LogP contribution in [0.2, 0.25) is 0 Å². The highest BCUT2D eigenvalue weighted by Gasteiger charge is 2.31. The summed E-state index contributed by atoms with van der Waals surface area (Å²) in [5, 5.41) is 12.3. The molecule has 3 rings (SSSR count). The zero-order valence-electron chi connectivity index (χ0n) is 15.5. The van der Waals surface area contributed by atoms with Crippen LogP contribution in [0.1, 0.15) is 25.3 Å². The van der Waals surface area contributed by atoms with Gasteiger partial charge in [0, 0.05) is 25.7 Å². The Labute approximate surface area is 158 Å². The number of hydrogen-bond acceptors (Lipinski definition) is 8. The summed E-state index contributed by atoms with van der Waals surface area (Å²) in [6.45, 7) is 7.54. The summed E-state index contributed by atoms with van der Waals surface area (Å²) in [6, 6.07) is 3.35. The van der Waals surface area contributed by atoms with E-state index >= 15 is 0 Å². The average molecular weight is 394 g/mol. The predicted octanol–water partition coefficient (Wildman–Crippen LogP) is 2.20. The summed E-state index contributed by atoms with van der Waals surface area (Å²) in [5.41, 5.74) is 0.0947. The normalized spacial score (nSPS) is 15.8. The average Bonchev–Trinajstić information content (AvgIpc) is 3.24. The van der Waals surface area contributed by atoms with Crippen LogP contribution in [0.15, 0.2) is 19.8 Å². The van der Waals surface area contributed by atoms with Crippen LogP contribution >= 0.6 is 0 Å². The fourth-order valence-electron chi connectivity index (χ4n) is 2.67. The van der Waals surface area contributed by atoms with E-state index in [0.717, 1.165) is 0 Å². The highest BCUT2D eigenvalue weighted by molar-refractivity contribution is 7.89. The molecule has 0 spiro atoms. The number of nitrogens with zero attached hydrogens (tertiary/aromatic N) is 3. The monoisotopic (exact) mass is 394 g/mol. The van der Waals surface area contributed by atoms with Crippen molar-refractivity contribution >= 4 is 15.9 Å². The molecule has 1 fully saturated rings. The van der Waals surface area contributed by atoms with Gasteiger partial charge in [-0.05, 0) is 12.8 Å². The summed E-state index contributed by atoms with van der Waals surface area (Å²) >= 11 is 0. The van der Waals surface area contributed by atoms with Gasteiger partial charge in [0.15, 0.2) is 5.76 Å². The van der Waals surface area contributed by atoms with Gasteiger partial charge >= 0.3 is 0 Å². The van der Waals surface area contributed by atoms with E-state index in [-0.39, 0.29) is 33.9 Å². The molecule has 3 heterocycles. The smallest absolute Gasteiger partial charge is 0.266 e. The summed E-state index contributed by atoms with van der Waals surface area (Å²) in [4.78, 5) is 4.18. The summed E-state index contributed by atoms with van der Waals surface area (Å²) in [6.07, 6.45) is 0. The van der Waals surface area contributed by atoms with Crippen LogP contribution < -0.4 is 5.32 Å². The van der Waals surface area contributed by atoms with Crippen molar-refractivity contribution in [3.8, 4) is 17.7 Å². The number of nitrogens with one attached hydrogen (secondary N) is 1. The number of oxazole rings is 1. The van der Waals surface area contributed by atoms with E-state index in [1.54, 1.807) is 6.92 Å². The lowest BCUT2D eigenvalue weighted by atomic mass is 10.2. The number of morpholine rings is 1. The van der Waals surface area contributed by atoms with Crippen LogP contribution in [0, 0.1) is 24.2 Å². The highest BCUT2D eigenvalue weighted by atomic mass is 32.2. The van der Waals surface area contributed by atoms with Gasteiger partial charge in [-0.25, -0.2) is 8.42 Å². The number of hydrogen-bond donors (Lipinski definition) is 1. The molecule has 0 amide bonds. The zero-order valence-corrected chi connectivity index (χ0v) is 16.3. The molecule has 0 aromatic carbocycles. The summed E-state index contributed by atoms with van der Waals surface area (Å²) in [5.74, 6) is 1.05. The SMILES string of the molecule is Cc1oc(-c2nc(C#N)c(NCC(C)C)o2)cc1S(=O)(=O)N1CCOCC1. The molecule has 0 saturated carbocycles. The molecule has 1 aliphatic heterocycles. The standard InChI is InChI=1S/C17H22N4O5S/c1-11(2)10-19-16-13(9-18)20-17(26-16)14-8-15(12(3)25-14)27(22,23)21-4-6-24-7-5-21/h8,11,19H,4-7,10H2,1-3H3. The van der Waals surface area contributed by atoms with Crippen LogP contribution in [-0.2, 0) is 14.8 Å². The zero-order chi connectivity index (χ0) is 19.6. The molecule has 1 aliphatic rings. The number of anilines is 1. The van der Waals surface area contributed by atoms with Crippen molar-refractivity contribution < 1.29 is 22.0 Å². The quantitative estimate of drug-likeness (QED) is 0.791. The van der Waals surface area contributed by atoms with Crippen molar-refractivity contribution in [2.75, 3.05) is 38.2 Å². The van der Waals surface area contributed by atoms with Gasteiger partial charge in [-0.2, -0.15) is 14.6 Å². The Bertz CT molecular complexity index is 949. The molecule has 0 aliphatic carbocycles. The Morgan fingerprint density at radius 2 is 2.04 bits per heavy atom. The van der Waals surface area contributed by atoms with Crippen LogP contribution in [0.3, 0.4) is 0 Å². The Kier molecular flexibility index (Phi) is 5.55. The van der Waals surface area contributed by atoms with Gasteiger partial charge in [-0.1, -0.05) is 13.8 Å². The number of rotatable bonds is 6. The van der Waals surface area contributed by atoms with E-state index in [0.29, 0.717) is 38.8 Å². The van der Waals surface area contributed by atoms with Gasteiger partial charge < -0.3 is 18.9 Å². The molecule has 0 unspecified atom stereocenters. The Morgan fingerprint density at radius 3 is 2.67 bits per heavy atom. The molecule has 0 bridgehead atoms. The largest absolute Gasteiger partial charge is 0.455 e. The second-order valence-electron chi connectivity index (χ2n) is 6.63. The van der Waals surface area contributed by atoms with Gasteiger partial charge in [-0.15, -0.1) is 0 Å². The van der Waals surface area contributed by atoms with Gasteiger partial charge in [0.25, 0.3) is 5.89 Å². The Balaban J connectivity index is 1.91. The number of ether oxygens (including phenoxy) is 1. The topological polar surface area (TPSA) is 122 Å². The number of aryl methyl sites for hydroxylation is 1. The molecule has 0 atom stereocenters. The molecular formula is C17H22N4O5S. The second-order valence-corrected chi connectivity index (χ2v) is 8.54. The number of aromatic nitrogens is 1. The van der Waals surface area contributed by atoms with E-state index in [9.17, 15) is 13.7 Å². The van der Waals surface area contributed by atoms with E-state index in [2.05, 4.69) is 10.3 Å². The molecule has 9 nitrogen and oxygen atoms in total. The number of nitriles is 1. The molecule has 1 saturated heterocycles. The first kappa shape index (κ1) is 19.4. The molecule has 2 aromatic rings. The van der Waals surface area contributed by atoms with Crippen molar-refractivity contribution in [2.24, 2.45) is 5.92 Å². The highest BCUT2D eigenvalue weighted by Crippen LogP contribution is 2.32. The predicted molar refractivity (Wildman–Crippen MR) is 96.6 cm³/mol. The maximum atomic E-state index is 12.9. The number of sulfonamides is 1. The molecule has 1 N–H and O–H groups in total. The summed E-state index contributed by atoms with van der Waals surface area (Å²) in [7, 11) is -3.70. The van der Waals surface area contributed by atoms with Gasteiger partial charge in [0.1, 0.15) is 16.7 Å². The van der Waals surface area contributed by atoms with Gasteiger partial charge in [0.05, 0.1) is 13.2 Å². The third-order valence-electron chi connectivity index (χ3n) is 4.07. The lowest BCUT2D eigenvalue weighted by Gasteiger charge is -2.25. The van der Waals surface area contributed by atoms with E-state index < -0.39 is 10.0 Å². The van der Waals surface area contributed by atoms with Crippen LogP contribution in [0.4, 0.5) is 5.88 Å². The second kappa shape index (κ2) is 7.72. The third-order valence-corrected chi connectivity index (χ3v) is 6.08. The van der Waals surface area contributed by atoms with Crippen molar-refractivity contribution in [3.05, 3.63) is 17.5 Å². The van der Waals surface area contributed by atoms with Crippen molar-refractivity contribution in [1.82, 2.24) is 9.29 Å². The van der Waals surface area contributed by atoms with Crippen LogP contribution in [0.5, 0.6) is 0 Å². The van der Waals surface area contributed by atoms with Gasteiger partial charge in [0.2, 0.25) is 21.6 Å². The third kappa shape index (κ3) is 4.00. The van der Waals surface area contributed by atoms with E-state index in [4.69, 9.17) is 13.6 Å². The first-order chi connectivity index (χ1) is 12.8. The summed E-state index contributed by atoms with van der Waals surface area (Å²) < 4.78 is 43.5. The lowest BCUT2D eigenvalue weighted by Crippen LogP contribution is -2.40. The number of furan rings is 1. The minimum atomic E-state index is -3.70. The van der Waals surface area contributed by atoms with E-state index in [1.807, 2.05) is 19.9 Å². The van der Waals surface area contributed by atoms with Crippen LogP contribution in [0.25, 0.3) is 11.7 Å². The molecule has 10 heteroatoms. The lowest BCUT2D eigenvalue weighted by molar-refractivity contribution is 0.0730. The van der Waals surface area contributed by atoms with Crippen LogP contribution in [-0.4, -0.2) is 50.6 Å². The van der Waals surface area contributed by atoms with Crippen molar-refractivity contribution in [3.63, 3.8) is 0 Å². The van der Waals surface area contributed by atoms with Crippen molar-refractivity contribution in [2.45, 2.75) is 25.7 Å². The Hall–Kier alpha value is -2.35. The first-order valence-corrected chi connectivity index (χ1v) is 10.1. The molecule has 27 heavy (non-hydrogen) atoms. The Morgan fingerprint density at radius 1 is 1.33 bits per heavy atom. The van der Waals surface area contributed by atoms with Gasteiger partial charge in [-0.3, -0.25) is 0 Å². The maximum Gasteiger partial charge on any atom is 0.266 e.